The maximum atomic E-state index is 13.4. The van der Waals surface area contributed by atoms with Crippen molar-refractivity contribution in [1.29, 1.82) is 0 Å². The average Bonchev–Trinajstić information content (AvgIpc) is 3.46. The van der Waals surface area contributed by atoms with Crippen molar-refractivity contribution in [3.63, 3.8) is 0 Å². The number of aryl methyl sites for hydroxylation is 1. The number of pyridine rings is 1. The van der Waals surface area contributed by atoms with Crippen LogP contribution in [0, 0.1) is 12.8 Å². The van der Waals surface area contributed by atoms with Gasteiger partial charge in [0.25, 0.3) is 5.91 Å². The Hall–Kier alpha value is -2.74. The Morgan fingerprint density at radius 1 is 1.25 bits per heavy atom. The van der Waals surface area contributed by atoms with Crippen molar-refractivity contribution in [2.24, 2.45) is 5.92 Å². The number of likely N-dealkylation sites (tertiary alicyclic amines) is 1. The molecular formula is C24H31N5O2S. The predicted octanol–water partition coefficient (Wildman–Crippen LogP) is 4.01. The fourth-order valence-corrected chi connectivity index (χ4v) is 4.95. The number of carbonyl (C=O) groups excluding carboxylic acids is 2. The van der Waals surface area contributed by atoms with Crippen molar-refractivity contribution in [2.45, 2.75) is 52.5 Å². The van der Waals surface area contributed by atoms with E-state index in [1.807, 2.05) is 34.0 Å². The lowest BCUT2D eigenvalue weighted by molar-refractivity contribution is -0.126. The van der Waals surface area contributed by atoms with Crippen LogP contribution in [-0.4, -0.2) is 51.1 Å². The van der Waals surface area contributed by atoms with Gasteiger partial charge in [0, 0.05) is 36.1 Å². The molecular weight excluding hydrogens is 422 g/mol. The summed E-state index contributed by atoms with van der Waals surface area (Å²) in [4.78, 5) is 33.5. The summed E-state index contributed by atoms with van der Waals surface area (Å²) in [6, 6.07) is 5.95. The first-order chi connectivity index (χ1) is 15.6. The fraction of sp³-hybridized carbons (Fsp3) is 0.500. The maximum absolute atomic E-state index is 13.4. The molecule has 1 aliphatic heterocycles. The lowest BCUT2D eigenvalue weighted by Gasteiger charge is -2.31. The number of hydrogen-bond donors (Lipinski definition) is 1. The van der Waals surface area contributed by atoms with E-state index in [-0.39, 0.29) is 17.7 Å². The molecule has 1 fully saturated rings. The van der Waals surface area contributed by atoms with Gasteiger partial charge < -0.3 is 10.2 Å². The van der Waals surface area contributed by atoms with Gasteiger partial charge in [-0.15, -0.1) is 11.3 Å². The largest absolute Gasteiger partial charge is 0.356 e. The Morgan fingerprint density at radius 3 is 2.78 bits per heavy atom. The van der Waals surface area contributed by atoms with Gasteiger partial charge in [-0.1, -0.05) is 25.8 Å². The Labute approximate surface area is 192 Å². The Kier molecular flexibility index (Phi) is 7.19. The average molecular weight is 454 g/mol. The van der Waals surface area contributed by atoms with E-state index in [4.69, 9.17) is 0 Å². The fourth-order valence-electron chi connectivity index (χ4n) is 4.26. The van der Waals surface area contributed by atoms with E-state index in [0.29, 0.717) is 38.0 Å². The highest BCUT2D eigenvalue weighted by molar-refractivity contribution is 7.09. The number of thiophene rings is 1. The number of amides is 2. The summed E-state index contributed by atoms with van der Waals surface area (Å²) in [5.41, 5.74) is 2.19. The van der Waals surface area contributed by atoms with Crippen LogP contribution in [0.2, 0.25) is 0 Å². The zero-order chi connectivity index (χ0) is 22.5. The number of fused-ring (bicyclic) bond motifs is 1. The van der Waals surface area contributed by atoms with Crippen LogP contribution in [0.3, 0.4) is 0 Å². The second-order valence-corrected chi connectivity index (χ2v) is 9.53. The molecule has 4 heterocycles. The second kappa shape index (κ2) is 10.3. The van der Waals surface area contributed by atoms with Gasteiger partial charge in [-0.2, -0.15) is 5.10 Å². The first-order valence-corrected chi connectivity index (χ1v) is 12.4. The number of hydrogen-bond acceptors (Lipinski definition) is 5. The second-order valence-electron chi connectivity index (χ2n) is 8.49. The molecule has 0 saturated carbocycles. The van der Waals surface area contributed by atoms with Crippen LogP contribution in [-0.2, 0) is 11.3 Å². The summed E-state index contributed by atoms with van der Waals surface area (Å²) in [7, 11) is 0. The molecule has 1 N–H and O–H groups in total. The van der Waals surface area contributed by atoms with Gasteiger partial charge in [0.1, 0.15) is 0 Å². The predicted molar refractivity (Wildman–Crippen MR) is 127 cm³/mol. The third kappa shape index (κ3) is 5.01. The van der Waals surface area contributed by atoms with Gasteiger partial charge >= 0.3 is 0 Å². The Bertz CT molecular complexity index is 1070. The molecule has 2 amide bonds. The van der Waals surface area contributed by atoms with E-state index < -0.39 is 0 Å². The molecule has 170 valence electrons. The molecule has 0 radical (unpaired) electrons. The molecule has 0 aromatic carbocycles. The zero-order valence-electron chi connectivity index (χ0n) is 18.8. The molecule has 3 aromatic rings. The van der Waals surface area contributed by atoms with Gasteiger partial charge in [-0.25, -0.2) is 9.67 Å². The lowest BCUT2D eigenvalue weighted by atomic mass is 9.95. The summed E-state index contributed by atoms with van der Waals surface area (Å²) in [6.45, 7) is 6.64. The van der Waals surface area contributed by atoms with Crippen LogP contribution in [0.15, 0.2) is 29.8 Å². The van der Waals surface area contributed by atoms with E-state index in [0.717, 1.165) is 42.5 Å². The highest BCUT2D eigenvalue weighted by Crippen LogP contribution is 2.24. The topological polar surface area (TPSA) is 80.1 Å². The Balaban J connectivity index is 1.43. The van der Waals surface area contributed by atoms with E-state index in [2.05, 4.69) is 28.4 Å². The molecule has 7 nitrogen and oxygen atoms in total. The van der Waals surface area contributed by atoms with Crippen molar-refractivity contribution in [3.8, 4) is 0 Å². The van der Waals surface area contributed by atoms with Crippen LogP contribution in [0.1, 0.15) is 60.0 Å². The number of nitrogens with zero attached hydrogens (tertiary/aromatic N) is 4. The van der Waals surface area contributed by atoms with Gasteiger partial charge in [-0.3, -0.25) is 9.59 Å². The van der Waals surface area contributed by atoms with Crippen molar-refractivity contribution in [3.05, 3.63) is 45.9 Å². The smallest absolute Gasteiger partial charge is 0.254 e. The van der Waals surface area contributed by atoms with E-state index in [1.165, 1.54) is 4.88 Å². The Morgan fingerprint density at radius 2 is 2.06 bits per heavy atom. The van der Waals surface area contributed by atoms with Crippen LogP contribution < -0.4 is 5.32 Å². The molecule has 1 saturated heterocycles. The number of unbranched alkanes of at least 4 members (excludes halogenated alkanes) is 2. The SMILES string of the molecule is CCCCCNC(=O)C1CCN(C(=O)c2cc(C)nc3c2cnn3Cc2cccs2)CC1. The van der Waals surface area contributed by atoms with Crippen molar-refractivity contribution in [2.75, 3.05) is 19.6 Å². The minimum absolute atomic E-state index is 0.00187. The van der Waals surface area contributed by atoms with Gasteiger partial charge in [0.05, 0.1) is 23.7 Å². The normalized spacial score (nSPS) is 14.8. The summed E-state index contributed by atoms with van der Waals surface area (Å²) in [5, 5.41) is 10.4. The standard InChI is InChI=1S/C24H31N5O2S/c1-3-4-5-10-25-23(30)18-8-11-28(12-9-18)24(31)20-14-17(2)27-22-21(20)15-26-29(22)16-19-7-6-13-32-19/h6-7,13-15,18H,3-5,8-12,16H2,1-2H3,(H,25,30). The molecule has 4 rings (SSSR count). The highest BCUT2D eigenvalue weighted by atomic mass is 32.1. The van der Waals surface area contributed by atoms with Crippen molar-refractivity contribution in [1.82, 2.24) is 25.0 Å². The first-order valence-electron chi connectivity index (χ1n) is 11.5. The molecule has 0 bridgehead atoms. The van der Waals surface area contributed by atoms with Crippen LogP contribution >= 0.6 is 11.3 Å². The van der Waals surface area contributed by atoms with Gasteiger partial charge in [0.2, 0.25) is 5.91 Å². The van der Waals surface area contributed by atoms with E-state index in [9.17, 15) is 9.59 Å². The number of nitrogens with one attached hydrogen (secondary N) is 1. The summed E-state index contributed by atoms with van der Waals surface area (Å²) in [5.74, 6) is 0.122. The van der Waals surface area contributed by atoms with E-state index >= 15 is 0 Å². The molecule has 32 heavy (non-hydrogen) atoms. The zero-order valence-corrected chi connectivity index (χ0v) is 19.7. The van der Waals surface area contributed by atoms with Crippen molar-refractivity contribution < 1.29 is 9.59 Å². The molecule has 0 spiro atoms. The van der Waals surface area contributed by atoms with Gasteiger partial charge in [0.15, 0.2) is 5.65 Å². The first kappa shape index (κ1) is 22.5. The van der Waals surface area contributed by atoms with Crippen LogP contribution in [0.5, 0.6) is 0 Å². The summed E-state index contributed by atoms with van der Waals surface area (Å²) in [6.07, 6.45) is 6.46. The molecule has 1 aliphatic rings. The third-order valence-electron chi connectivity index (χ3n) is 6.09. The lowest BCUT2D eigenvalue weighted by Crippen LogP contribution is -2.43. The molecule has 3 aromatic heterocycles. The minimum Gasteiger partial charge on any atom is -0.356 e. The highest BCUT2D eigenvalue weighted by Gasteiger charge is 2.29. The molecule has 0 atom stereocenters. The maximum Gasteiger partial charge on any atom is 0.254 e. The number of aromatic nitrogens is 3. The number of piperidine rings is 1. The molecule has 0 unspecified atom stereocenters. The van der Waals surface area contributed by atoms with E-state index in [1.54, 1.807) is 17.5 Å². The van der Waals surface area contributed by atoms with Crippen LogP contribution in [0.4, 0.5) is 0 Å². The summed E-state index contributed by atoms with van der Waals surface area (Å²) < 4.78 is 1.86. The quantitative estimate of drug-likeness (QED) is 0.523. The van der Waals surface area contributed by atoms with Crippen LogP contribution in [0.25, 0.3) is 11.0 Å². The monoisotopic (exact) mass is 453 g/mol. The van der Waals surface area contributed by atoms with Gasteiger partial charge in [-0.05, 0) is 43.7 Å². The molecule has 8 heteroatoms. The number of rotatable bonds is 8. The number of carbonyl (C=O) groups is 2. The molecule has 0 aliphatic carbocycles. The minimum atomic E-state index is -0.00609. The third-order valence-corrected chi connectivity index (χ3v) is 6.95. The summed E-state index contributed by atoms with van der Waals surface area (Å²) >= 11 is 1.68. The van der Waals surface area contributed by atoms with Crippen molar-refractivity contribution >= 4 is 34.2 Å².